The predicted molar refractivity (Wildman–Crippen MR) is 141 cm³/mol. The van der Waals surface area contributed by atoms with Crippen molar-refractivity contribution in [2.24, 2.45) is 5.92 Å². The molecule has 1 aliphatic carbocycles. The number of benzene rings is 1. The topological polar surface area (TPSA) is 150 Å². The van der Waals surface area contributed by atoms with E-state index >= 15 is 0 Å². The van der Waals surface area contributed by atoms with Crippen LogP contribution in [0.5, 0.6) is 0 Å². The number of carbonyl (C=O) groups is 3. The van der Waals surface area contributed by atoms with E-state index in [1.807, 2.05) is 30.3 Å². The fourth-order valence-corrected chi connectivity index (χ4v) is 4.52. The highest BCUT2D eigenvalue weighted by Gasteiger charge is 2.44. The largest absolute Gasteiger partial charge is 0.355 e. The number of H-pyrrole nitrogens is 1. The standard InChI is InChI=1S/C27H27FN6O5/c1-27(2,34(38)39)12-22(36)33-13-19-23(20(35)14-33)25(30-16-6-4-3-5-7-16)24(31-19)15-8-9-29-21(10-15)32-26(37)17-11-18(17)28/h3-10,17-18,30-31H,11-14H2,1-2H3,(H,29,32,37)/t17-,18+/m1/s1. The fourth-order valence-electron chi connectivity index (χ4n) is 4.52. The molecule has 5 rings (SSSR count). The van der Waals surface area contributed by atoms with Crippen LogP contribution in [0.25, 0.3) is 11.3 Å². The fraction of sp³-hybridized carbons (Fsp3) is 0.333. The molecule has 3 aromatic rings. The first-order valence-electron chi connectivity index (χ1n) is 12.5. The Labute approximate surface area is 223 Å². The molecule has 3 N–H and O–H groups in total. The average molecular weight is 535 g/mol. The van der Waals surface area contributed by atoms with Crippen LogP contribution in [0.15, 0.2) is 48.7 Å². The maximum Gasteiger partial charge on any atom is 0.231 e. The molecule has 2 amide bonds. The molecule has 39 heavy (non-hydrogen) atoms. The maximum atomic E-state index is 13.4. The van der Waals surface area contributed by atoms with Crippen LogP contribution < -0.4 is 10.6 Å². The number of alkyl halides is 1. The van der Waals surface area contributed by atoms with Gasteiger partial charge >= 0.3 is 0 Å². The summed E-state index contributed by atoms with van der Waals surface area (Å²) in [5.41, 5.74) is 1.74. The summed E-state index contributed by atoms with van der Waals surface area (Å²) < 4.78 is 13.3. The van der Waals surface area contributed by atoms with Crippen LogP contribution in [-0.4, -0.2) is 55.6 Å². The van der Waals surface area contributed by atoms with E-state index in [9.17, 15) is 28.9 Å². The lowest BCUT2D eigenvalue weighted by atomic mass is 9.98. The number of rotatable bonds is 8. The van der Waals surface area contributed by atoms with Gasteiger partial charge in [-0.2, -0.15) is 0 Å². The Morgan fingerprint density at radius 1 is 1.23 bits per heavy atom. The number of halogens is 1. The van der Waals surface area contributed by atoms with Crippen molar-refractivity contribution in [3.8, 4) is 11.3 Å². The Balaban J connectivity index is 1.49. The van der Waals surface area contributed by atoms with E-state index in [2.05, 4.69) is 20.6 Å². The molecule has 0 unspecified atom stereocenters. The summed E-state index contributed by atoms with van der Waals surface area (Å²) >= 11 is 0. The molecule has 11 nitrogen and oxygen atoms in total. The molecule has 2 aromatic heterocycles. The van der Waals surface area contributed by atoms with E-state index in [-0.39, 0.29) is 37.5 Å². The molecular weight excluding hydrogens is 507 g/mol. The van der Waals surface area contributed by atoms with E-state index in [1.54, 1.807) is 12.1 Å². The molecule has 1 aliphatic heterocycles. The van der Waals surface area contributed by atoms with Crippen molar-refractivity contribution in [3.63, 3.8) is 0 Å². The summed E-state index contributed by atoms with van der Waals surface area (Å²) in [6, 6.07) is 12.5. The van der Waals surface area contributed by atoms with Gasteiger partial charge in [0.25, 0.3) is 0 Å². The van der Waals surface area contributed by atoms with E-state index in [1.165, 1.54) is 24.9 Å². The molecule has 2 atom stereocenters. The first-order valence-corrected chi connectivity index (χ1v) is 12.5. The van der Waals surface area contributed by atoms with Crippen molar-refractivity contribution >= 4 is 34.8 Å². The molecule has 2 aliphatic rings. The Morgan fingerprint density at radius 2 is 1.95 bits per heavy atom. The lowest BCUT2D eigenvalue weighted by Gasteiger charge is -2.28. The second-order valence-corrected chi connectivity index (χ2v) is 10.4. The number of nitrogens with zero attached hydrogens (tertiary/aromatic N) is 3. The number of amides is 2. The smallest absolute Gasteiger partial charge is 0.231 e. The second-order valence-electron chi connectivity index (χ2n) is 10.4. The highest BCUT2D eigenvalue weighted by Crippen LogP contribution is 2.39. The summed E-state index contributed by atoms with van der Waals surface area (Å²) in [7, 11) is 0. The minimum absolute atomic E-state index is 0.0609. The Bertz CT molecular complexity index is 1470. The number of aromatic nitrogens is 2. The Kier molecular flexibility index (Phi) is 6.62. The molecule has 3 heterocycles. The number of Topliss-reactive ketones (excluding diaryl/α,β-unsaturated/α-hetero) is 1. The summed E-state index contributed by atoms with van der Waals surface area (Å²) in [5.74, 6) is -1.70. The van der Waals surface area contributed by atoms with E-state index in [0.717, 1.165) is 5.69 Å². The van der Waals surface area contributed by atoms with E-state index in [4.69, 9.17) is 0 Å². The predicted octanol–water partition coefficient (Wildman–Crippen LogP) is 4.09. The number of carbonyl (C=O) groups excluding carboxylic acids is 3. The lowest BCUT2D eigenvalue weighted by molar-refractivity contribution is -0.559. The van der Waals surface area contributed by atoms with Crippen molar-refractivity contribution in [3.05, 3.63) is 70.0 Å². The number of hydrogen-bond donors (Lipinski definition) is 3. The Hall–Kier alpha value is -4.61. The van der Waals surface area contributed by atoms with Crippen molar-refractivity contribution in [2.75, 3.05) is 17.2 Å². The highest BCUT2D eigenvalue weighted by atomic mass is 19.1. The number of anilines is 3. The number of ketones is 1. The third-order valence-corrected chi connectivity index (χ3v) is 6.86. The number of para-hydroxylation sites is 1. The summed E-state index contributed by atoms with van der Waals surface area (Å²) in [5, 5.41) is 17.3. The third-order valence-electron chi connectivity index (χ3n) is 6.86. The van der Waals surface area contributed by atoms with Gasteiger partial charge in [0.2, 0.25) is 17.4 Å². The molecule has 0 bridgehead atoms. The van der Waals surface area contributed by atoms with Gasteiger partial charge in [-0.3, -0.25) is 24.5 Å². The van der Waals surface area contributed by atoms with Crippen molar-refractivity contribution in [2.45, 2.75) is 44.9 Å². The number of nitro groups is 1. The summed E-state index contributed by atoms with van der Waals surface area (Å²) in [6.07, 6.45) is 0.196. The van der Waals surface area contributed by atoms with Gasteiger partial charge in [0.05, 0.1) is 42.4 Å². The van der Waals surface area contributed by atoms with Gasteiger partial charge in [0.1, 0.15) is 12.0 Å². The molecule has 0 radical (unpaired) electrons. The van der Waals surface area contributed by atoms with Crippen LogP contribution in [0.3, 0.4) is 0 Å². The average Bonchev–Trinajstić information content (AvgIpc) is 3.52. The van der Waals surface area contributed by atoms with Crippen LogP contribution in [0.2, 0.25) is 0 Å². The number of nitrogens with one attached hydrogen (secondary N) is 3. The zero-order chi connectivity index (χ0) is 27.9. The van der Waals surface area contributed by atoms with Gasteiger partial charge in [0.15, 0.2) is 5.78 Å². The quantitative estimate of drug-likeness (QED) is 0.291. The number of aromatic amines is 1. The van der Waals surface area contributed by atoms with E-state index < -0.39 is 34.4 Å². The molecule has 1 saturated carbocycles. The van der Waals surface area contributed by atoms with Crippen LogP contribution in [0, 0.1) is 16.0 Å². The van der Waals surface area contributed by atoms with Crippen LogP contribution >= 0.6 is 0 Å². The highest BCUT2D eigenvalue weighted by molar-refractivity contribution is 6.09. The minimum atomic E-state index is -1.47. The molecule has 0 saturated heterocycles. The minimum Gasteiger partial charge on any atom is -0.355 e. The number of pyridine rings is 1. The van der Waals surface area contributed by atoms with Gasteiger partial charge in [-0.05, 0) is 30.7 Å². The normalized spacial score (nSPS) is 18.3. The molecule has 12 heteroatoms. The zero-order valence-corrected chi connectivity index (χ0v) is 21.4. The van der Waals surface area contributed by atoms with Crippen LogP contribution in [-0.2, 0) is 16.1 Å². The number of hydrogen-bond acceptors (Lipinski definition) is 7. The summed E-state index contributed by atoms with van der Waals surface area (Å²) in [4.78, 5) is 58.1. The third kappa shape index (κ3) is 5.35. The first-order chi connectivity index (χ1) is 18.5. The van der Waals surface area contributed by atoms with Crippen molar-refractivity contribution in [1.82, 2.24) is 14.9 Å². The van der Waals surface area contributed by atoms with Gasteiger partial charge in [-0.1, -0.05) is 18.2 Å². The molecular formula is C27H27FN6O5. The van der Waals surface area contributed by atoms with Gasteiger partial charge in [0, 0.05) is 41.9 Å². The first kappa shape index (κ1) is 26.0. The lowest BCUT2D eigenvalue weighted by Crippen LogP contribution is -2.44. The second kappa shape index (κ2) is 9.93. The van der Waals surface area contributed by atoms with Gasteiger partial charge in [-0.15, -0.1) is 0 Å². The molecule has 1 aromatic carbocycles. The van der Waals surface area contributed by atoms with Crippen LogP contribution in [0.1, 0.15) is 42.7 Å². The van der Waals surface area contributed by atoms with Crippen molar-refractivity contribution < 1.29 is 23.7 Å². The monoisotopic (exact) mass is 534 g/mol. The van der Waals surface area contributed by atoms with Gasteiger partial charge < -0.3 is 20.5 Å². The number of fused-ring (bicyclic) bond motifs is 1. The summed E-state index contributed by atoms with van der Waals surface area (Å²) in [6.45, 7) is 2.58. The SMILES string of the molecule is CC(C)(CC(=O)N1CC(=O)c2c([nH]c(-c3ccnc(NC(=O)[C@@H]4C[C@@H]4F)c3)c2Nc2ccccc2)C1)[N+](=O)[O-]. The Morgan fingerprint density at radius 3 is 2.62 bits per heavy atom. The van der Waals surface area contributed by atoms with Crippen LogP contribution in [0.4, 0.5) is 21.6 Å². The van der Waals surface area contributed by atoms with E-state index in [0.29, 0.717) is 28.2 Å². The zero-order valence-electron chi connectivity index (χ0n) is 21.4. The molecule has 202 valence electrons. The molecule has 1 fully saturated rings. The van der Waals surface area contributed by atoms with Crippen molar-refractivity contribution in [1.29, 1.82) is 0 Å². The van der Waals surface area contributed by atoms with Gasteiger partial charge in [-0.25, -0.2) is 9.37 Å². The maximum absolute atomic E-state index is 13.4. The molecule has 0 spiro atoms.